The molecule has 3 N–H and O–H groups in total. The van der Waals surface area contributed by atoms with Gasteiger partial charge in [0.15, 0.2) is 0 Å². The molecule has 0 bridgehead atoms. The van der Waals surface area contributed by atoms with Crippen LogP contribution >= 0.6 is 0 Å². The molecule has 1 heterocycles. The number of carbonyl (C=O) groups is 1. The molecule has 0 aliphatic heterocycles. The van der Waals surface area contributed by atoms with Gasteiger partial charge in [0.05, 0.1) is 0 Å². The molecule has 0 unspecified atom stereocenters. The van der Waals surface area contributed by atoms with Crippen LogP contribution in [0.2, 0.25) is 0 Å². The lowest BCUT2D eigenvalue weighted by Crippen LogP contribution is -2.04. The second-order valence-electron chi connectivity index (χ2n) is 2.67. The maximum Gasteiger partial charge on any atom is 0.240 e. The molecule has 1 aromatic carbocycles. The van der Waals surface area contributed by atoms with Crippen LogP contribution in [-0.4, -0.2) is 10.9 Å². The summed E-state index contributed by atoms with van der Waals surface area (Å²) in [5.41, 5.74) is 5.74. The number of nitrogens with two attached hydrogens (primary N) is 1. The van der Waals surface area contributed by atoms with Crippen LogP contribution in [0.15, 0.2) is 49.2 Å². The van der Waals surface area contributed by atoms with Gasteiger partial charge in [-0.1, -0.05) is 24.8 Å². The molecule has 0 saturated heterocycles. The lowest BCUT2D eigenvalue weighted by Gasteiger charge is -1.83. The van der Waals surface area contributed by atoms with Gasteiger partial charge >= 0.3 is 0 Å². The van der Waals surface area contributed by atoms with Crippen LogP contribution in [0.4, 0.5) is 0 Å². The molecule has 2 aromatic rings. The third kappa shape index (κ3) is 2.79. The van der Waals surface area contributed by atoms with Crippen LogP contribution in [-0.2, 0) is 4.79 Å². The van der Waals surface area contributed by atoms with E-state index in [1.54, 1.807) is 0 Å². The molecule has 0 saturated carbocycles. The number of benzene rings is 1. The van der Waals surface area contributed by atoms with Gasteiger partial charge < -0.3 is 10.7 Å². The molecule has 1 amide bonds. The van der Waals surface area contributed by atoms with Crippen molar-refractivity contribution in [3.63, 3.8) is 0 Å². The first kappa shape index (κ1) is 10.1. The first-order chi connectivity index (χ1) is 6.74. The Kier molecular flexibility index (Phi) is 3.49. The van der Waals surface area contributed by atoms with Crippen molar-refractivity contribution >= 4 is 16.8 Å². The van der Waals surface area contributed by atoms with Gasteiger partial charge in [-0.2, -0.15) is 0 Å². The maximum atomic E-state index is 9.47. The van der Waals surface area contributed by atoms with Gasteiger partial charge in [0.25, 0.3) is 0 Å². The van der Waals surface area contributed by atoms with Crippen LogP contribution < -0.4 is 5.73 Å². The zero-order valence-corrected chi connectivity index (χ0v) is 7.73. The molecular formula is C11H12N2O. The third-order valence-electron chi connectivity index (χ3n) is 1.66. The summed E-state index contributed by atoms with van der Waals surface area (Å²) in [4.78, 5) is 12.6. The van der Waals surface area contributed by atoms with Gasteiger partial charge in [-0.15, -0.1) is 0 Å². The number of hydrogen-bond donors (Lipinski definition) is 2. The largest absolute Gasteiger partial charge is 0.366 e. The number of amides is 1. The van der Waals surface area contributed by atoms with Gasteiger partial charge in [-0.05, 0) is 23.6 Å². The van der Waals surface area contributed by atoms with Crippen LogP contribution in [0.1, 0.15) is 0 Å². The lowest BCUT2D eigenvalue weighted by molar-refractivity contribution is -0.113. The van der Waals surface area contributed by atoms with E-state index in [-0.39, 0.29) is 0 Å². The van der Waals surface area contributed by atoms with Gasteiger partial charge in [0.1, 0.15) is 0 Å². The molecule has 1 aromatic heterocycles. The zero-order chi connectivity index (χ0) is 10.4. The highest BCUT2D eigenvalue weighted by Crippen LogP contribution is 2.09. The molecule has 72 valence electrons. The van der Waals surface area contributed by atoms with Gasteiger partial charge in [-0.25, -0.2) is 0 Å². The lowest BCUT2D eigenvalue weighted by atomic mass is 10.3. The van der Waals surface area contributed by atoms with Gasteiger partial charge in [0.2, 0.25) is 5.91 Å². The Labute approximate surface area is 82.2 Å². The number of rotatable bonds is 1. The Morgan fingerprint density at radius 3 is 2.57 bits per heavy atom. The van der Waals surface area contributed by atoms with Crippen molar-refractivity contribution in [2.75, 3.05) is 0 Å². The Bertz CT molecular complexity index is 401. The molecule has 3 nitrogen and oxygen atoms in total. The summed E-state index contributed by atoms with van der Waals surface area (Å²) < 4.78 is 0. The molecule has 0 aliphatic rings. The van der Waals surface area contributed by atoms with Crippen LogP contribution in [0.3, 0.4) is 0 Å². The number of carbonyl (C=O) groups excluding carboxylic acids is 1. The summed E-state index contributed by atoms with van der Waals surface area (Å²) in [6.45, 7) is 3.09. The maximum absolute atomic E-state index is 9.47. The van der Waals surface area contributed by atoms with E-state index in [1.165, 1.54) is 10.9 Å². The summed E-state index contributed by atoms with van der Waals surface area (Å²) in [5.74, 6) is -0.481. The minimum Gasteiger partial charge on any atom is -0.366 e. The van der Waals surface area contributed by atoms with E-state index in [0.717, 1.165) is 6.08 Å². The van der Waals surface area contributed by atoms with Gasteiger partial charge in [0, 0.05) is 11.7 Å². The molecule has 0 spiro atoms. The molecular weight excluding hydrogens is 176 g/mol. The minimum absolute atomic E-state index is 0.481. The van der Waals surface area contributed by atoms with Crippen molar-refractivity contribution in [3.8, 4) is 0 Å². The predicted molar refractivity (Wildman–Crippen MR) is 57.7 cm³/mol. The van der Waals surface area contributed by atoms with Crippen LogP contribution in [0, 0.1) is 0 Å². The number of nitrogens with one attached hydrogen (secondary N) is 1. The topological polar surface area (TPSA) is 58.9 Å². The number of hydrogen-bond acceptors (Lipinski definition) is 1. The fraction of sp³-hybridized carbons (Fsp3) is 0. The molecule has 14 heavy (non-hydrogen) atoms. The Balaban J connectivity index is 0.000000171. The Hall–Kier alpha value is -2.03. The molecule has 2 rings (SSSR count). The SMILES string of the molecule is C=CC(N)=O.c1ccc2[nH]ccc2c1. The number of para-hydroxylation sites is 1. The third-order valence-corrected chi connectivity index (χ3v) is 1.66. The summed E-state index contributed by atoms with van der Waals surface area (Å²) in [6, 6.07) is 10.3. The Morgan fingerprint density at radius 2 is 2.00 bits per heavy atom. The van der Waals surface area contributed by atoms with E-state index >= 15 is 0 Å². The van der Waals surface area contributed by atoms with Gasteiger partial charge in [-0.3, -0.25) is 4.79 Å². The summed E-state index contributed by atoms with van der Waals surface area (Å²) in [7, 11) is 0. The summed E-state index contributed by atoms with van der Waals surface area (Å²) in [6.07, 6.45) is 3.00. The highest BCUT2D eigenvalue weighted by atomic mass is 16.1. The van der Waals surface area contributed by atoms with E-state index in [1.807, 2.05) is 18.3 Å². The fourth-order valence-corrected chi connectivity index (χ4v) is 0.995. The summed E-state index contributed by atoms with van der Waals surface area (Å²) >= 11 is 0. The highest BCUT2D eigenvalue weighted by molar-refractivity contribution is 5.85. The van der Waals surface area contributed by atoms with Crippen LogP contribution in [0.5, 0.6) is 0 Å². The van der Waals surface area contributed by atoms with Crippen molar-refractivity contribution < 1.29 is 4.79 Å². The number of primary amides is 1. The number of fused-ring (bicyclic) bond motifs is 1. The van der Waals surface area contributed by atoms with Crippen molar-refractivity contribution in [1.29, 1.82) is 0 Å². The van der Waals surface area contributed by atoms with Crippen molar-refractivity contribution in [1.82, 2.24) is 4.98 Å². The quantitative estimate of drug-likeness (QED) is 0.659. The minimum atomic E-state index is -0.481. The van der Waals surface area contributed by atoms with Crippen molar-refractivity contribution in [2.45, 2.75) is 0 Å². The normalized spacial score (nSPS) is 8.86. The molecule has 0 fully saturated rings. The number of H-pyrrole nitrogens is 1. The smallest absolute Gasteiger partial charge is 0.240 e. The number of aromatic nitrogens is 1. The van der Waals surface area contributed by atoms with Crippen molar-refractivity contribution in [3.05, 3.63) is 49.2 Å². The first-order valence-electron chi connectivity index (χ1n) is 4.18. The standard InChI is InChI=1S/C8H7N.C3H5NO/c1-2-4-8-7(3-1)5-6-9-8;1-2-3(4)5/h1-6,9H;2H,1H2,(H2,4,5). The molecule has 3 heteroatoms. The average Bonchev–Trinajstić information content (AvgIpc) is 2.66. The Morgan fingerprint density at radius 1 is 1.36 bits per heavy atom. The second-order valence-corrected chi connectivity index (χ2v) is 2.67. The van der Waals surface area contributed by atoms with E-state index in [2.05, 4.69) is 35.5 Å². The zero-order valence-electron chi connectivity index (χ0n) is 7.73. The molecule has 0 aliphatic carbocycles. The monoisotopic (exact) mass is 188 g/mol. The first-order valence-corrected chi connectivity index (χ1v) is 4.18. The number of aromatic amines is 1. The fourth-order valence-electron chi connectivity index (χ4n) is 0.995. The highest BCUT2D eigenvalue weighted by Gasteiger charge is 1.86. The van der Waals surface area contributed by atoms with Crippen LogP contribution in [0.25, 0.3) is 10.9 Å². The second kappa shape index (κ2) is 4.87. The molecule has 0 radical (unpaired) electrons. The van der Waals surface area contributed by atoms with E-state index < -0.39 is 5.91 Å². The van der Waals surface area contributed by atoms with Crippen molar-refractivity contribution in [2.24, 2.45) is 5.73 Å². The molecule has 0 atom stereocenters. The van der Waals surface area contributed by atoms with E-state index in [0.29, 0.717) is 0 Å². The van der Waals surface area contributed by atoms with E-state index in [4.69, 9.17) is 0 Å². The summed E-state index contributed by atoms with van der Waals surface area (Å²) in [5, 5.41) is 1.28. The predicted octanol–water partition coefficient (Wildman–Crippen LogP) is 1.83. The average molecular weight is 188 g/mol. The van der Waals surface area contributed by atoms with E-state index in [9.17, 15) is 4.79 Å².